The van der Waals surface area contributed by atoms with Crippen LogP contribution in [-0.2, 0) is 6.42 Å². The number of nitrogens with zero attached hydrogens (tertiary/aromatic N) is 3. The fourth-order valence-electron chi connectivity index (χ4n) is 3.02. The average Bonchev–Trinajstić information content (AvgIpc) is 3.28. The Hall–Kier alpha value is -2.14. The number of para-hydroxylation sites is 1. The minimum absolute atomic E-state index is 0.861. The predicted octanol–water partition coefficient (Wildman–Crippen LogP) is 3.95. The quantitative estimate of drug-likeness (QED) is 0.771. The Bertz CT molecular complexity index is 779. The van der Waals surface area contributed by atoms with Gasteiger partial charge in [-0.3, -0.25) is 0 Å². The zero-order chi connectivity index (χ0) is 15.5. The highest BCUT2D eigenvalue weighted by atomic mass is 32.1. The lowest BCUT2D eigenvalue weighted by Crippen LogP contribution is -2.21. The molecule has 1 aliphatic rings. The largest absolute Gasteiger partial charge is 0.369 e. The Morgan fingerprint density at radius 3 is 2.74 bits per heavy atom. The SMILES string of the molecule is c1csc(CCNc2nc(N3CCCC3)nc3ccccc23)c1. The second kappa shape index (κ2) is 6.54. The van der Waals surface area contributed by atoms with Gasteiger partial charge in [0, 0.05) is 29.9 Å². The molecule has 3 aromatic rings. The highest BCUT2D eigenvalue weighted by Gasteiger charge is 2.17. The summed E-state index contributed by atoms with van der Waals surface area (Å²) in [5.41, 5.74) is 1.02. The van der Waals surface area contributed by atoms with Gasteiger partial charge in [0.1, 0.15) is 5.82 Å². The Morgan fingerprint density at radius 2 is 1.91 bits per heavy atom. The first kappa shape index (κ1) is 14.5. The maximum Gasteiger partial charge on any atom is 0.227 e. The second-order valence-corrected chi connectivity index (χ2v) is 6.87. The van der Waals surface area contributed by atoms with Crippen LogP contribution in [0.25, 0.3) is 10.9 Å². The smallest absolute Gasteiger partial charge is 0.227 e. The van der Waals surface area contributed by atoms with Gasteiger partial charge >= 0.3 is 0 Å². The van der Waals surface area contributed by atoms with E-state index < -0.39 is 0 Å². The van der Waals surface area contributed by atoms with Crippen LogP contribution in [0.2, 0.25) is 0 Å². The van der Waals surface area contributed by atoms with E-state index in [4.69, 9.17) is 9.97 Å². The van der Waals surface area contributed by atoms with Crippen molar-refractivity contribution in [2.24, 2.45) is 0 Å². The lowest BCUT2D eigenvalue weighted by molar-refractivity contribution is 0.904. The van der Waals surface area contributed by atoms with E-state index >= 15 is 0 Å². The van der Waals surface area contributed by atoms with Crippen molar-refractivity contribution in [1.29, 1.82) is 0 Å². The van der Waals surface area contributed by atoms with Crippen LogP contribution in [0.15, 0.2) is 41.8 Å². The Morgan fingerprint density at radius 1 is 1.04 bits per heavy atom. The molecule has 0 unspecified atom stereocenters. The summed E-state index contributed by atoms with van der Waals surface area (Å²) < 4.78 is 0. The maximum absolute atomic E-state index is 4.81. The molecule has 0 spiro atoms. The first-order valence-electron chi connectivity index (χ1n) is 8.18. The summed E-state index contributed by atoms with van der Waals surface area (Å²) >= 11 is 1.80. The molecule has 0 bridgehead atoms. The monoisotopic (exact) mass is 324 g/mol. The van der Waals surface area contributed by atoms with Crippen LogP contribution in [-0.4, -0.2) is 29.6 Å². The lowest BCUT2D eigenvalue weighted by Gasteiger charge is -2.17. The summed E-state index contributed by atoms with van der Waals surface area (Å²) in [5.74, 6) is 1.81. The number of nitrogens with one attached hydrogen (secondary N) is 1. The summed E-state index contributed by atoms with van der Waals surface area (Å²) in [4.78, 5) is 13.2. The normalized spacial score (nSPS) is 14.5. The molecule has 0 saturated carbocycles. The Balaban J connectivity index is 1.60. The van der Waals surface area contributed by atoms with Gasteiger partial charge in [0.05, 0.1) is 5.52 Å². The number of anilines is 2. The highest BCUT2D eigenvalue weighted by molar-refractivity contribution is 7.09. The number of hydrogen-bond donors (Lipinski definition) is 1. The first-order chi connectivity index (χ1) is 11.4. The maximum atomic E-state index is 4.81. The van der Waals surface area contributed by atoms with E-state index in [1.54, 1.807) is 11.3 Å². The van der Waals surface area contributed by atoms with Gasteiger partial charge in [-0.05, 0) is 42.8 Å². The first-order valence-corrected chi connectivity index (χ1v) is 9.06. The number of rotatable bonds is 5. The van der Waals surface area contributed by atoms with Crippen LogP contribution in [0.4, 0.5) is 11.8 Å². The van der Waals surface area contributed by atoms with E-state index in [-0.39, 0.29) is 0 Å². The minimum Gasteiger partial charge on any atom is -0.369 e. The van der Waals surface area contributed by atoms with Crippen LogP contribution >= 0.6 is 11.3 Å². The topological polar surface area (TPSA) is 41.1 Å². The van der Waals surface area contributed by atoms with E-state index in [0.29, 0.717) is 0 Å². The van der Waals surface area contributed by atoms with Gasteiger partial charge in [-0.25, -0.2) is 4.98 Å². The van der Waals surface area contributed by atoms with Gasteiger partial charge in [-0.15, -0.1) is 11.3 Å². The van der Waals surface area contributed by atoms with Crippen LogP contribution < -0.4 is 10.2 Å². The van der Waals surface area contributed by atoms with Gasteiger partial charge in [-0.1, -0.05) is 18.2 Å². The molecule has 118 valence electrons. The molecule has 1 aliphatic heterocycles. The second-order valence-electron chi connectivity index (χ2n) is 5.84. The van der Waals surface area contributed by atoms with Crippen LogP contribution in [0.1, 0.15) is 17.7 Å². The Kier molecular flexibility index (Phi) is 4.11. The average molecular weight is 324 g/mol. The van der Waals surface area contributed by atoms with Gasteiger partial charge in [0.15, 0.2) is 0 Å². The van der Waals surface area contributed by atoms with Crippen molar-refractivity contribution in [1.82, 2.24) is 9.97 Å². The summed E-state index contributed by atoms with van der Waals surface area (Å²) in [6.07, 6.45) is 3.49. The van der Waals surface area contributed by atoms with Crippen molar-refractivity contribution in [3.05, 3.63) is 46.7 Å². The number of thiophene rings is 1. The zero-order valence-electron chi connectivity index (χ0n) is 13.0. The van der Waals surface area contributed by atoms with E-state index in [9.17, 15) is 0 Å². The third kappa shape index (κ3) is 3.15. The summed E-state index contributed by atoms with van der Waals surface area (Å²) in [7, 11) is 0. The van der Waals surface area contributed by atoms with Crippen molar-refractivity contribution in [2.75, 3.05) is 29.9 Å². The summed E-state index contributed by atoms with van der Waals surface area (Å²) in [6, 6.07) is 12.5. The molecule has 1 saturated heterocycles. The molecule has 0 radical (unpaired) electrons. The molecule has 0 aliphatic carbocycles. The van der Waals surface area contributed by atoms with Crippen molar-refractivity contribution in [3.63, 3.8) is 0 Å². The highest BCUT2D eigenvalue weighted by Crippen LogP contribution is 2.25. The molecule has 4 rings (SSSR count). The fraction of sp³-hybridized carbons (Fsp3) is 0.333. The predicted molar refractivity (Wildman–Crippen MR) is 97.5 cm³/mol. The van der Waals surface area contributed by atoms with Gasteiger partial charge in [0.2, 0.25) is 5.95 Å². The van der Waals surface area contributed by atoms with E-state index in [2.05, 4.69) is 39.9 Å². The molecule has 0 amide bonds. The number of aromatic nitrogens is 2. The Labute approximate surface area is 140 Å². The standard InChI is InChI=1S/C18H20N4S/c1-2-8-16-15(7-1)17(19-10-9-14-6-5-13-23-14)21-18(20-16)22-11-3-4-12-22/h1-2,5-8,13H,3-4,9-12H2,(H,19,20,21). The lowest BCUT2D eigenvalue weighted by atomic mass is 10.2. The molecule has 23 heavy (non-hydrogen) atoms. The van der Waals surface area contributed by atoms with Crippen molar-refractivity contribution in [3.8, 4) is 0 Å². The van der Waals surface area contributed by atoms with Crippen LogP contribution in [0.5, 0.6) is 0 Å². The molecule has 1 fully saturated rings. The van der Waals surface area contributed by atoms with Crippen molar-refractivity contribution >= 4 is 34.0 Å². The fourth-order valence-corrected chi connectivity index (χ4v) is 3.73. The van der Waals surface area contributed by atoms with Crippen molar-refractivity contribution in [2.45, 2.75) is 19.3 Å². The zero-order valence-corrected chi connectivity index (χ0v) is 13.9. The summed E-state index contributed by atoms with van der Waals surface area (Å²) in [6.45, 7) is 3.01. The van der Waals surface area contributed by atoms with Gasteiger partial charge in [-0.2, -0.15) is 4.98 Å². The molecular weight excluding hydrogens is 304 g/mol. The van der Waals surface area contributed by atoms with Gasteiger partial charge < -0.3 is 10.2 Å². The van der Waals surface area contributed by atoms with Crippen LogP contribution in [0, 0.1) is 0 Å². The number of benzene rings is 1. The van der Waals surface area contributed by atoms with Gasteiger partial charge in [0.25, 0.3) is 0 Å². The summed E-state index contributed by atoms with van der Waals surface area (Å²) in [5, 5.41) is 6.74. The molecular formula is C18H20N4S. The van der Waals surface area contributed by atoms with E-state index in [0.717, 1.165) is 48.7 Å². The number of fused-ring (bicyclic) bond motifs is 1. The van der Waals surface area contributed by atoms with Crippen LogP contribution in [0.3, 0.4) is 0 Å². The molecule has 3 heterocycles. The molecule has 5 heteroatoms. The molecule has 2 aromatic heterocycles. The number of hydrogen-bond acceptors (Lipinski definition) is 5. The molecule has 4 nitrogen and oxygen atoms in total. The molecule has 1 N–H and O–H groups in total. The van der Waals surface area contributed by atoms with E-state index in [1.807, 2.05) is 12.1 Å². The molecule has 0 atom stereocenters. The molecule has 1 aromatic carbocycles. The minimum atomic E-state index is 0.861. The van der Waals surface area contributed by atoms with Crippen molar-refractivity contribution < 1.29 is 0 Å². The third-order valence-electron chi connectivity index (χ3n) is 4.22. The third-order valence-corrected chi connectivity index (χ3v) is 5.16. The van der Waals surface area contributed by atoms with E-state index in [1.165, 1.54) is 17.7 Å².